The number of hydrogen-bond acceptors (Lipinski definition) is 6. The number of rotatable bonds is 7. The van der Waals surface area contributed by atoms with Crippen LogP contribution in [0.3, 0.4) is 0 Å². The third kappa shape index (κ3) is 7.07. The van der Waals surface area contributed by atoms with Crippen LogP contribution in [0.2, 0.25) is 0 Å². The van der Waals surface area contributed by atoms with Gasteiger partial charge in [0.2, 0.25) is 5.95 Å². The minimum atomic E-state index is -4.71. The summed E-state index contributed by atoms with van der Waals surface area (Å²) in [5.41, 5.74) is 6.37. The van der Waals surface area contributed by atoms with Crippen LogP contribution >= 0.6 is 0 Å². The minimum Gasteiger partial charge on any atom is -0.406 e. The summed E-state index contributed by atoms with van der Waals surface area (Å²) in [6, 6.07) is 7.11. The van der Waals surface area contributed by atoms with Crippen LogP contribution in [0.25, 0.3) is 0 Å². The molecule has 1 fully saturated rings. The van der Waals surface area contributed by atoms with Crippen molar-refractivity contribution in [3.05, 3.63) is 42.7 Å². The summed E-state index contributed by atoms with van der Waals surface area (Å²) >= 11 is 0. The average Bonchev–Trinajstić information content (AvgIpc) is 2.73. The molecule has 0 unspecified atom stereocenters. The molecule has 2 aromatic rings. The van der Waals surface area contributed by atoms with E-state index in [1.165, 1.54) is 24.3 Å². The van der Waals surface area contributed by atoms with Gasteiger partial charge in [0.05, 0.1) is 0 Å². The van der Waals surface area contributed by atoms with E-state index in [0.29, 0.717) is 12.2 Å². The monoisotopic (exact) mass is 423 g/mol. The Bertz CT molecular complexity index is 807. The normalized spacial score (nSPS) is 15.8. The summed E-state index contributed by atoms with van der Waals surface area (Å²) in [6.45, 7) is 5.08. The number of nitrogens with one attached hydrogen (secondary N) is 1. The highest BCUT2D eigenvalue weighted by atomic mass is 19.4. The maximum Gasteiger partial charge on any atom is 0.573 e. The number of nitrogens with zero attached hydrogens (tertiary/aromatic N) is 5. The quantitative estimate of drug-likeness (QED) is 0.401. The standard InChI is InChI=1S/C19H24F3N7O/c20-19(21,22)30-16-5-3-15(4-6-16)27-17(23)24-9-2-10-28-11-13-29(14-12-28)18-25-7-1-8-26-18/h1,3-8H,2,9-14H2,(H3,23,24,27). The summed E-state index contributed by atoms with van der Waals surface area (Å²) in [5, 5.41) is 2.85. The van der Waals surface area contributed by atoms with Crippen LogP contribution in [-0.4, -0.2) is 66.5 Å². The summed E-state index contributed by atoms with van der Waals surface area (Å²) in [4.78, 5) is 17.3. The molecular formula is C19H24F3N7O. The third-order valence-electron chi connectivity index (χ3n) is 4.48. The van der Waals surface area contributed by atoms with Gasteiger partial charge in [0.1, 0.15) is 5.75 Å². The van der Waals surface area contributed by atoms with Gasteiger partial charge >= 0.3 is 6.36 Å². The molecule has 3 rings (SSSR count). The Balaban J connectivity index is 1.34. The molecule has 0 spiro atoms. The van der Waals surface area contributed by atoms with Crippen molar-refractivity contribution in [1.82, 2.24) is 14.9 Å². The Morgan fingerprint density at radius 3 is 2.40 bits per heavy atom. The molecule has 1 aromatic carbocycles. The molecule has 8 nitrogen and oxygen atoms in total. The topological polar surface area (TPSA) is 91.9 Å². The lowest BCUT2D eigenvalue weighted by Gasteiger charge is -2.34. The Kier molecular flexibility index (Phi) is 7.28. The van der Waals surface area contributed by atoms with E-state index in [4.69, 9.17) is 5.73 Å². The molecule has 1 aliphatic rings. The maximum atomic E-state index is 12.2. The second-order valence-corrected chi connectivity index (χ2v) is 6.70. The fourth-order valence-electron chi connectivity index (χ4n) is 3.05. The van der Waals surface area contributed by atoms with E-state index in [1.54, 1.807) is 18.5 Å². The van der Waals surface area contributed by atoms with E-state index in [1.807, 2.05) is 0 Å². The Labute approximate surface area is 172 Å². The van der Waals surface area contributed by atoms with Gasteiger partial charge in [-0.1, -0.05) is 0 Å². The van der Waals surface area contributed by atoms with Crippen molar-refractivity contribution in [2.75, 3.05) is 49.5 Å². The summed E-state index contributed by atoms with van der Waals surface area (Å²) in [7, 11) is 0. The molecule has 0 saturated carbocycles. The fourth-order valence-corrected chi connectivity index (χ4v) is 3.05. The molecule has 0 amide bonds. The van der Waals surface area contributed by atoms with Crippen LogP contribution in [0.1, 0.15) is 6.42 Å². The first kappa shape index (κ1) is 21.6. The van der Waals surface area contributed by atoms with Gasteiger partial charge in [-0.05, 0) is 36.8 Å². The number of aromatic nitrogens is 2. The molecule has 0 bridgehead atoms. The van der Waals surface area contributed by atoms with Crippen LogP contribution in [0.5, 0.6) is 5.75 Å². The predicted molar refractivity (Wildman–Crippen MR) is 109 cm³/mol. The number of hydrogen-bond donors (Lipinski definition) is 2. The van der Waals surface area contributed by atoms with Crippen molar-refractivity contribution >= 4 is 17.6 Å². The number of anilines is 2. The van der Waals surface area contributed by atoms with Crippen LogP contribution in [0.15, 0.2) is 47.7 Å². The number of benzene rings is 1. The van der Waals surface area contributed by atoms with Crippen LogP contribution in [-0.2, 0) is 0 Å². The number of alkyl halides is 3. The van der Waals surface area contributed by atoms with Crippen molar-refractivity contribution in [2.24, 2.45) is 10.7 Å². The number of nitrogens with two attached hydrogens (primary N) is 1. The number of piperazine rings is 1. The molecule has 3 N–H and O–H groups in total. The van der Waals surface area contributed by atoms with Crippen molar-refractivity contribution in [3.8, 4) is 5.75 Å². The van der Waals surface area contributed by atoms with Crippen molar-refractivity contribution in [1.29, 1.82) is 0 Å². The highest BCUT2D eigenvalue weighted by Crippen LogP contribution is 2.23. The van der Waals surface area contributed by atoms with E-state index >= 15 is 0 Å². The molecule has 1 aliphatic heterocycles. The van der Waals surface area contributed by atoms with Gasteiger partial charge in [0.15, 0.2) is 5.96 Å². The zero-order chi connectivity index (χ0) is 21.4. The minimum absolute atomic E-state index is 0.213. The Morgan fingerprint density at radius 2 is 1.77 bits per heavy atom. The van der Waals surface area contributed by atoms with E-state index in [-0.39, 0.29) is 11.7 Å². The SMILES string of the molecule is NC(=NCCCN1CCN(c2ncccn2)CC1)Nc1ccc(OC(F)(F)F)cc1. The van der Waals surface area contributed by atoms with Gasteiger partial charge in [-0.3, -0.25) is 9.89 Å². The van der Waals surface area contributed by atoms with Gasteiger partial charge in [0.25, 0.3) is 0 Å². The first-order valence-corrected chi connectivity index (χ1v) is 9.56. The number of guanidine groups is 1. The van der Waals surface area contributed by atoms with Crippen LogP contribution < -0.4 is 20.7 Å². The lowest BCUT2D eigenvalue weighted by Crippen LogP contribution is -2.47. The van der Waals surface area contributed by atoms with Crippen LogP contribution in [0, 0.1) is 0 Å². The lowest BCUT2D eigenvalue weighted by molar-refractivity contribution is -0.274. The molecule has 1 saturated heterocycles. The molecule has 0 radical (unpaired) electrons. The van der Waals surface area contributed by atoms with Crippen molar-refractivity contribution < 1.29 is 17.9 Å². The third-order valence-corrected chi connectivity index (χ3v) is 4.48. The zero-order valence-electron chi connectivity index (χ0n) is 16.3. The molecule has 0 aliphatic carbocycles. The second-order valence-electron chi connectivity index (χ2n) is 6.70. The maximum absolute atomic E-state index is 12.2. The molecular weight excluding hydrogens is 399 g/mol. The van der Waals surface area contributed by atoms with Gasteiger partial charge in [0, 0.05) is 57.3 Å². The molecule has 0 atom stereocenters. The largest absolute Gasteiger partial charge is 0.573 e. The smallest absolute Gasteiger partial charge is 0.406 e. The Morgan fingerprint density at radius 1 is 1.10 bits per heavy atom. The molecule has 1 aromatic heterocycles. The highest BCUT2D eigenvalue weighted by Gasteiger charge is 2.30. The van der Waals surface area contributed by atoms with Gasteiger partial charge in [-0.2, -0.15) is 0 Å². The van der Waals surface area contributed by atoms with E-state index in [0.717, 1.165) is 45.1 Å². The Hall–Kier alpha value is -3.08. The molecule has 2 heterocycles. The fraction of sp³-hybridized carbons (Fsp3) is 0.421. The van der Waals surface area contributed by atoms with E-state index in [9.17, 15) is 13.2 Å². The number of aliphatic imine (C=N–C) groups is 1. The van der Waals surface area contributed by atoms with Crippen molar-refractivity contribution in [2.45, 2.75) is 12.8 Å². The summed E-state index contributed by atoms with van der Waals surface area (Å²) < 4.78 is 40.3. The predicted octanol–water partition coefficient (Wildman–Crippen LogP) is 2.31. The summed E-state index contributed by atoms with van der Waals surface area (Å²) in [5.74, 6) is 0.687. The van der Waals surface area contributed by atoms with E-state index in [2.05, 4.69) is 34.8 Å². The average molecular weight is 423 g/mol. The molecule has 30 heavy (non-hydrogen) atoms. The highest BCUT2D eigenvalue weighted by molar-refractivity contribution is 5.92. The van der Waals surface area contributed by atoms with Gasteiger partial charge in [-0.25, -0.2) is 9.97 Å². The lowest BCUT2D eigenvalue weighted by atomic mass is 10.3. The number of halogens is 3. The van der Waals surface area contributed by atoms with Crippen molar-refractivity contribution in [3.63, 3.8) is 0 Å². The molecule has 11 heteroatoms. The second kappa shape index (κ2) is 10.1. The van der Waals surface area contributed by atoms with E-state index < -0.39 is 6.36 Å². The van der Waals surface area contributed by atoms with Crippen LogP contribution in [0.4, 0.5) is 24.8 Å². The molecule has 162 valence electrons. The van der Waals surface area contributed by atoms with Gasteiger partial charge < -0.3 is 20.7 Å². The van der Waals surface area contributed by atoms with Gasteiger partial charge in [-0.15, -0.1) is 13.2 Å². The number of ether oxygens (including phenoxy) is 1. The zero-order valence-corrected chi connectivity index (χ0v) is 16.3. The first-order valence-electron chi connectivity index (χ1n) is 9.56. The summed E-state index contributed by atoms with van der Waals surface area (Å²) in [6.07, 6.45) is -0.369. The first-order chi connectivity index (χ1) is 14.4.